The lowest BCUT2D eigenvalue weighted by Gasteiger charge is -2.36. The number of H-pyrrole nitrogens is 2. The highest BCUT2D eigenvalue weighted by molar-refractivity contribution is 5.95. The predicted octanol–water partition coefficient (Wildman–Crippen LogP) is 3.49. The summed E-state index contributed by atoms with van der Waals surface area (Å²) in [6.07, 6.45) is 0. The molecule has 0 spiro atoms. The van der Waals surface area contributed by atoms with Crippen LogP contribution in [0.15, 0.2) is 77.6 Å². The molecule has 1 aromatic heterocycles. The Labute approximate surface area is 173 Å². The van der Waals surface area contributed by atoms with Gasteiger partial charge in [-0.2, -0.15) is 0 Å². The van der Waals surface area contributed by atoms with Crippen LogP contribution in [0.4, 0.5) is 5.69 Å². The van der Waals surface area contributed by atoms with E-state index in [-0.39, 0.29) is 11.6 Å². The lowest BCUT2D eigenvalue weighted by Crippen LogP contribution is -2.48. The molecule has 0 atom stereocenters. The van der Waals surface area contributed by atoms with Crippen molar-refractivity contribution in [3.8, 4) is 11.1 Å². The number of anilines is 1. The maximum absolute atomic E-state index is 13.1. The number of imidazole rings is 1. The molecular formula is C24H22N4O2. The summed E-state index contributed by atoms with van der Waals surface area (Å²) in [5.74, 6) is 0.0675. The fourth-order valence-corrected chi connectivity index (χ4v) is 4.03. The third-order valence-corrected chi connectivity index (χ3v) is 5.65. The lowest BCUT2D eigenvalue weighted by atomic mass is 10.0. The van der Waals surface area contributed by atoms with Crippen LogP contribution in [0.25, 0.3) is 22.2 Å². The lowest BCUT2D eigenvalue weighted by molar-refractivity contribution is 0.0747. The van der Waals surface area contributed by atoms with E-state index >= 15 is 0 Å². The summed E-state index contributed by atoms with van der Waals surface area (Å²) < 4.78 is 0. The molecule has 6 heteroatoms. The maximum atomic E-state index is 13.1. The normalized spacial score (nSPS) is 14.3. The highest BCUT2D eigenvalue weighted by Gasteiger charge is 2.23. The first-order chi connectivity index (χ1) is 14.7. The van der Waals surface area contributed by atoms with Gasteiger partial charge in [-0.3, -0.25) is 4.79 Å². The second-order valence-corrected chi connectivity index (χ2v) is 7.54. The van der Waals surface area contributed by atoms with Crippen molar-refractivity contribution in [3.05, 3.63) is 88.8 Å². The molecule has 2 N–H and O–H groups in total. The highest BCUT2D eigenvalue weighted by atomic mass is 16.2. The molecule has 150 valence electrons. The average Bonchev–Trinajstić information content (AvgIpc) is 3.18. The molecule has 30 heavy (non-hydrogen) atoms. The van der Waals surface area contributed by atoms with Crippen LogP contribution in [0.1, 0.15) is 10.4 Å². The van der Waals surface area contributed by atoms with Gasteiger partial charge in [0, 0.05) is 37.4 Å². The third kappa shape index (κ3) is 3.48. The van der Waals surface area contributed by atoms with E-state index in [9.17, 15) is 9.59 Å². The summed E-state index contributed by atoms with van der Waals surface area (Å²) >= 11 is 0. The van der Waals surface area contributed by atoms with Crippen LogP contribution in [-0.2, 0) is 0 Å². The van der Waals surface area contributed by atoms with Gasteiger partial charge in [0.2, 0.25) is 0 Å². The highest BCUT2D eigenvalue weighted by Crippen LogP contribution is 2.23. The Kier molecular flexibility index (Phi) is 4.59. The summed E-state index contributed by atoms with van der Waals surface area (Å²) in [4.78, 5) is 34.3. The number of nitrogens with zero attached hydrogens (tertiary/aromatic N) is 2. The molecule has 0 aliphatic carbocycles. The molecule has 0 bridgehead atoms. The maximum Gasteiger partial charge on any atom is 0.323 e. The number of amides is 1. The molecule has 3 aromatic carbocycles. The number of nitrogens with one attached hydrogen (secondary N) is 2. The number of hydrogen-bond donors (Lipinski definition) is 2. The Morgan fingerprint density at radius 3 is 2.27 bits per heavy atom. The fourth-order valence-electron chi connectivity index (χ4n) is 4.03. The molecule has 5 rings (SSSR count). The Balaban J connectivity index is 1.29. The number of rotatable bonds is 3. The molecule has 1 aliphatic rings. The Morgan fingerprint density at radius 1 is 0.733 bits per heavy atom. The zero-order valence-electron chi connectivity index (χ0n) is 16.5. The van der Waals surface area contributed by atoms with Gasteiger partial charge < -0.3 is 19.8 Å². The van der Waals surface area contributed by atoms with Crippen molar-refractivity contribution in [3.63, 3.8) is 0 Å². The van der Waals surface area contributed by atoms with Crippen molar-refractivity contribution in [1.29, 1.82) is 0 Å². The van der Waals surface area contributed by atoms with E-state index < -0.39 is 0 Å². The van der Waals surface area contributed by atoms with Crippen LogP contribution < -0.4 is 10.6 Å². The smallest absolute Gasteiger partial charge is 0.323 e. The average molecular weight is 398 g/mol. The monoisotopic (exact) mass is 398 g/mol. The largest absolute Gasteiger partial charge is 0.368 e. The molecule has 1 fully saturated rings. The van der Waals surface area contributed by atoms with E-state index in [1.165, 1.54) is 0 Å². The first kappa shape index (κ1) is 18.2. The third-order valence-electron chi connectivity index (χ3n) is 5.65. The minimum atomic E-state index is -0.199. The number of carbonyl (C=O) groups excluding carboxylic acids is 1. The molecule has 1 saturated heterocycles. The zero-order chi connectivity index (χ0) is 20.5. The second kappa shape index (κ2) is 7.55. The number of aromatic amines is 2. The molecule has 6 nitrogen and oxygen atoms in total. The minimum absolute atomic E-state index is 0.0675. The molecule has 2 heterocycles. The van der Waals surface area contributed by atoms with Gasteiger partial charge in [-0.05, 0) is 41.5 Å². The van der Waals surface area contributed by atoms with Gasteiger partial charge in [0.15, 0.2) is 0 Å². The van der Waals surface area contributed by atoms with Crippen molar-refractivity contribution >= 4 is 22.6 Å². The first-order valence-corrected chi connectivity index (χ1v) is 10.1. The Morgan fingerprint density at radius 2 is 1.47 bits per heavy atom. The van der Waals surface area contributed by atoms with Gasteiger partial charge in [0.1, 0.15) is 0 Å². The summed E-state index contributed by atoms with van der Waals surface area (Å²) in [6, 6.07) is 23.8. The summed E-state index contributed by atoms with van der Waals surface area (Å²) in [5.41, 5.74) is 5.33. The number of benzene rings is 3. The molecular weight excluding hydrogens is 376 g/mol. The van der Waals surface area contributed by atoms with Gasteiger partial charge in [0.25, 0.3) is 5.91 Å². The topological polar surface area (TPSA) is 72.2 Å². The van der Waals surface area contributed by atoms with Crippen molar-refractivity contribution in [2.24, 2.45) is 0 Å². The number of aromatic nitrogens is 2. The van der Waals surface area contributed by atoms with Crippen LogP contribution in [0.2, 0.25) is 0 Å². The molecule has 4 aromatic rings. The molecule has 0 saturated carbocycles. The number of piperazine rings is 1. The van der Waals surface area contributed by atoms with Gasteiger partial charge >= 0.3 is 5.69 Å². The number of hydrogen-bond acceptors (Lipinski definition) is 3. The number of carbonyl (C=O) groups is 1. The van der Waals surface area contributed by atoms with Gasteiger partial charge in [-0.15, -0.1) is 0 Å². The zero-order valence-corrected chi connectivity index (χ0v) is 16.5. The van der Waals surface area contributed by atoms with Crippen molar-refractivity contribution in [2.45, 2.75) is 0 Å². The van der Waals surface area contributed by atoms with Crippen LogP contribution in [0.3, 0.4) is 0 Å². The van der Waals surface area contributed by atoms with Gasteiger partial charge in [-0.25, -0.2) is 4.79 Å². The summed E-state index contributed by atoms with van der Waals surface area (Å²) in [7, 11) is 0. The van der Waals surface area contributed by atoms with E-state index in [1.54, 1.807) is 0 Å². The first-order valence-electron chi connectivity index (χ1n) is 10.1. The quantitative estimate of drug-likeness (QED) is 0.555. The van der Waals surface area contributed by atoms with Crippen molar-refractivity contribution in [2.75, 3.05) is 31.1 Å². The second-order valence-electron chi connectivity index (χ2n) is 7.54. The molecule has 1 aliphatic heterocycles. The summed E-state index contributed by atoms with van der Waals surface area (Å²) in [6.45, 7) is 2.83. The molecule has 1 amide bonds. The standard InChI is InChI=1S/C24H22N4O2/c29-23(19-8-4-7-18(15-19)17-5-2-1-3-6-17)28-13-11-27(12-14-28)20-9-10-21-22(16-20)26-24(30)25-21/h1-10,15-16H,11-14H2,(H2,25,26,30). The Bertz CT molecular complexity index is 1250. The van der Waals surface area contributed by atoms with Crippen LogP contribution >= 0.6 is 0 Å². The van der Waals surface area contributed by atoms with Gasteiger partial charge in [-0.1, -0.05) is 42.5 Å². The Hall–Kier alpha value is -3.80. The van der Waals surface area contributed by atoms with E-state index in [1.807, 2.05) is 65.6 Å². The molecule has 0 radical (unpaired) electrons. The summed E-state index contributed by atoms with van der Waals surface area (Å²) in [5, 5.41) is 0. The predicted molar refractivity (Wildman–Crippen MR) is 119 cm³/mol. The van der Waals surface area contributed by atoms with Crippen LogP contribution in [0.5, 0.6) is 0 Å². The van der Waals surface area contributed by atoms with Crippen molar-refractivity contribution in [1.82, 2.24) is 14.9 Å². The fraction of sp³-hybridized carbons (Fsp3) is 0.167. The SMILES string of the molecule is O=C(c1cccc(-c2ccccc2)c1)N1CCN(c2ccc3[nH]c(=O)[nH]c3c2)CC1. The van der Waals surface area contributed by atoms with E-state index in [0.29, 0.717) is 13.1 Å². The minimum Gasteiger partial charge on any atom is -0.368 e. The number of fused-ring (bicyclic) bond motifs is 1. The van der Waals surface area contributed by atoms with E-state index in [4.69, 9.17) is 0 Å². The van der Waals surface area contributed by atoms with Gasteiger partial charge in [0.05, 0.1) is 11.0 Å². The van der Waals surface area contributed by atoms with Crippen LogP contribution in [-0.4, -0.2) is 47.0 Å². The van der Waals surface area contributed by atoms with E-state index in [0.717, 1.165) is 46.5 Å². The molecule has 0 unspecified atom stereocenters. The van der Waals surface area contributed by atoms with Crippen LogP contribution in [0, 0.1) is 0 Å². The van der Waals surface area contributed by atoms with Crippen molar-refractivity contribution < 1.29 is 4.79 Å². The van der Waals surface area contributed by atoms with E-state index in [2.05, 4.69) is 27.0 Å².